The Hall–Kier alpha value is -1.40. The molecule has 0 fully saturated rings. The smallest absolute Gasteiger partial charge is 0.332 e. The highest BCUT2D eigenvalue weighted by molar-refractivity contribution is 7.14. The number of aliphatic hydroxyl groups excluding tert-OH is 1. The second-order valence-electron chi connectivity index (χ2n) is 3.75. The molecule has 1 aromatic rings. The van der Waals surface area contributed by atoms with Crippen LogP contribution in [0.4, 0.5) is 0 Å². The summed E-state index contributed by atoms with van der Waals surface area (Å²) in [6.07, 6.45) is -1.42. The van der Waals surface area contributed by atoms with Gasteiger partial charge < -0.3 is 15.5 Å². The van der Waals surface area contributed by atoms with Crippen molar-refractivity contribution >= 4 is 23.2 Å². The summed E-state index contributed by atoms with van der Waals surface area (Å²) in [4.78, 5) is 23.6. The van der Waals surface area contributed by atoms with Crippen LogP contribution in [0.2, 0.25) is 0 Å². The van der Waals surface area contributed by atoms with Gasteiger partial charge in [0.15, 0.2) is 6.10 Å². The lowest BCUT2D eigenvalue weighted by atomic mass is 10.2. The molecule has 1 amide bonds. The van der Waals surface area contributed by atoms with E-state index >= 15 is 0 Å². The molecule has 0 saturated carbocycles. The highest BCUT2D eigenvalue weighted by Crippen LogP contribution is 2.20. The average Bonchev–Trinajstić information content (AvgIpc) is 2.59. The quantitative estimate of drug-likeness (QED) is 0.732. The lowest BCUT2D eigenvalue weighted by Gasteiger charge is -2.06. The Kier molecular flexibility index (Phi) is 4.65. The van der Waals surface area contributed by atoms with Crippen molar-refractivity contribution in [2.75, 3.05) is 6.54 Å². The minimum Gasteiger partial charge on any atom is -0.479 e. The SMILES string of the molecule is Cc1cc(C(=O)NCCC(O)C(=O)O)sc1C. The molecule has 1 heterocycles. The number of hydrogen-bond donors (Lipinski definition) is 3. The zero-order valence-electron chi connectivity index (χ0n) is 9.69. The average molecular weight is 257 g/mol. The Morgan fingerprint density at radius 1 is 1.47 bits per heavy atom. The summed E-state index contributed by atoms with van der Waals surface area (Å²) in [5, 5.41) is 20.0. The lowest BCUT2D eigenvalue weighted by molar-refractivity contribution is -0.146. The van der Waals surface area contributed by atoms with Crippen LogP contribution in [0, 0.1) is 13.8 Å². The molecule has 0 radical (unpaired) electrons. The van der Waals surface area contributed by atoms with Gasteiger partial charge >= 0.3 is 5.97 Å². The minimum atomic E-state index is -1.43. The molecule has 0 saturated heterocycles. The first-order valence-corrected chi connectivity index (χ1v) is 5.99. The molecular weight excluding hydrogens is 242 g/mol. The van der Waals surface area contributed by atoms with Gasteiger partial charge in [-0.1, -0.05) is 0 Å². The molecule has 1 rings (SSSR count). The number of thiophene rings is 1. The normalized spacial score (nSPS) is 12.2. The van der Waals surface area contributed by atoms with Crippen molar-refractivity contribution < 1.29 is 19.8 Å². The van der Waals surface area contributed by atoms with Crippen molar-refractivity contribution in [1.29, 1.82) is 0 Å². The van der Waals surface area contributed by atoms with Crippen molar-refractivity contribution in [1.82, 2.24) is 5.32 Å². The molecule has 1 atom stereocenters. The molecule has 0 aromatic carbocycles. The number of carboxylic acid groups (broad SMARTS) is 1. The molecule has 1 unspecified atom stereocenters. The van der Waals surface area contributed by atoms with Crippen LogP contribution in [-0.4, -0.2) is 34.7 Å². The van der Waals surface area contributed by atoms with Crippen LogP contribution < -0.4 is 5.32 Å². The monoisotopic (exact) mass is 257 g/mol. The Labute approximate surface area is 103 Å². The van der Waals surface area contributed by atoms with Gasteiger partial charge in [-0.2, -0.15) is 0 Å². The van der Waals surface area contributed by atoms with E-state index in [0.29, 0.717) is 4.88 Å². The number of nitrogens with one attached hydrogen (secondary N) is 1. The van der Waals surface area contributed by atoms with Crippen molar-refractivity contribution in [2.24, 2.45) is 0 Å². The fraction of sp³-hybridized carbons (Fsp3) is 0.455. The van der Waals surface area contributed by atoms with Crippen LogP contribution in [0.25, 0.3) is 0 Å². The Morgan fingerprint density at radius 2 is 2.12 bits per heavy atom. The van der Waals surface area contributed by atoms with E-state index < -0.39 is 12.1 Å². The first kappa shape index (κ1) is 13.7. The van der Waals surface area contributed by atoms with Gasteiger partial charge in [0.2, 0.25) is 0 Å². The maximum atomic E-state index is 11.6. The zero-order valence-corrected chi connectivity index (χ0v) is 10.5. The number of carboxylic acids is 1. The lowest BCUT2D eigenvalue weighted by Crippen LogP contribution is -2.29. The van der Waals surface area contributed by atoms with E-state index in [1.54, 1.807) is 6.07 Å². The molecule has 0 aliphatic rings. The van der Waals surface area contributed by atoms with E-state index in [9.17, 15) is 9.59 Å². The molecule has 6 heteroatoms. The van der Waals surface area contributed by atoms with Gasteiger partial charge in [0.1, 0.15) is 0 Å². The molecule has 5 nitrogen and oxygen atoms in total. The summed E-state index contributed by atoms with van der Waals surface area (Å²) in [6.45, 7) is 4.00. The van der Waals surface area contributed by atoms with Gasteiger partial charge in [0.05, 0.1) is 4.88 Å². The van der Waals surface area contributed by atoms with Gasteiger partial charge in [-0.25, -0.2) is 4.79 Å². The summed E-state index contributed by atoms with van der Waals surface area (Å²) in [5.74, 6) is -1.51. The first-order valence-electron chi connectivity index (χ1n) is 5.18. The fourth-order valence-corrected chi connectivity index (χ4v) is 2.17. The van der Waals surface area contributed by atoms with Crippen LogP contribution in [0.5, 0.6) is 0 Å². The second-order valence-corrected chi connectivity index (χ2v) is 5.00. The number of aryl methyl sites for hydroxylation is 2. The Balaban J connectivity index is 2.43. The maximum absolute atomic E-state index is 11.6. The third kappa shape index (κ3) is 3.83. The fourth-order valence-electron chi connectivity index (χ4n) is 1.22. The van der Waals surface area contributed by atoms with E-state index in [0.717, 1.165) is 10.4 Å². The van der Waals surface area contributed by atoms with Crippen LogP contribution in [0.1, 0.15) is 26.5 Å². The van der Waals surface area contributed by atoms with Crippen LogP contribution in [0.3, 0.4) is 0 Å². The van der Waals surface area contributed by atoms with Crippen molar-refractivity contribution in [3.8, 4) is 0 Å². The number of amides is 1. The summed E-state index contributed by atoms with van der Waals surface area (Å²) in [6, 6.07) is 1.79. The van der Waals surface area contributed by atoms with E-state index in [-0.39, 0.29) is 18.9 Å². The number of carbonyl (C=O) groups excluding carboxylic acids is 1. The highest BCUT2D eigenvalue weighted by atomic mass is 32.1. The summed E-state index contributed by atoms with van der Waals surface area (Å²) in [7, 11) is 0. The number of aliphatic hydroxyl groups is 1. The standard InChI is InChI=1S/C11H15NO4S/c1-6-5-9(17-7(6)2)10(14)12-4-3-8(13)11(15)16/h5,8,13H,3-4H2,1-2H3,(H,12,14)(H,15,16). The summed E-state index contributed by atoms with van der Waals surface area (Å²) < 4.78 is 0. The van der Waals surface area contributed by atoms with Crippen molar-refractivity contribution in [3.63, 3.8) is 0 Å². The molecule has 94 valence electrons. The number of carbonyl (C=O) groups is 2. The second kappa shape index (κ2) is 5.79. The summed E-state index contributed by atoms with van der Waals surface area (Å²) in [5.41, 5.74) is 1.06. The Morgan fingerprint density at radius 3 is 2.59 bits per heavy atom. The van der Waals surface area contributed by atoms with Crippen molar-refractivity contribution in [3.05, 3.63) is 21.4 Å². The van der Waals surface area contributed by atoms with Gasteiger partial charge in [-0.3, -0.25) is 4.79 Å². The number of hydrogen-bond acceptors (Lipinski definition) is 4. The van der Waals surface area contributed by atoms with Crippen LogP contribution >= 0.6 is 11.3 Å². The molecule has 0 bridgehead atoms. The molecule has 1 aromatic heterocycles. The predicted octanol–water partition coefficient (Wildman–Crippen LogP) is 0.930. The highest BCUT2D eigenvalue weighted by Gasteiger charge is 2.14. The van der Waals surface area contributed by atoms with E-state index in [1.807, 2.05) is 13.8 Å². The van der Waals surface area contributed by atoms with Crippen LogP contribution in [-0.2, 0) is 4.79 Å². The van der Waals surface area contributed by atoms with Crippen molar-refractivity contribution in [2.45, 2.75) is 26.4 Å². The maximum Gasteiger partial charge on any atom is 0.332 e. The minimum absolute atomic E-state index is 0.00438. The molecular formula is C11H15NO4S. The van der Waals surface area contributed by atoms with Gasteiger partial charge in [-0.05, 0) is 25.5 Å². The number of rotatable bonds is 5. The van der Waals surface area contributed by atoms with Gasteiger partial charge in [0.25, 0.3) is 5.91 Å². The first-order chi connectivity index (χ1) is 7.91. The molecule has 17 heavy (non-hydrogen) atoms. The third-order valence-corrected chi connectivity index (χ3v) is 3.53. The topological polar surface area (TPSA) is 86.6 Å². The van der Waals surface area contributed by atoms with Gasteiger partial charge in [-0.15, -0.1) is 11.3 Å². The zero-order chi connectivity index (χ0) is 13.0. The number of aliphatic carboxylic acids is 1. The molecule has 0 aliphatic heterocycles. The van der Waals surface area contributed by atoms with E-state index in [2.05, 4.69) is 5.32 Å². The summed E-state index contributed by atoms with van der Waals surface area (Å²) >= 11 is 1.40. The molecule has 0 aliphatic carbocycles. The third-order valence-electron chi connectivity index (χ3n) is 2.38. The van der Waals surface area contributed by atoms with E-state index in [4.69, 9.17) is 10.2 Å². The largest absolute Gasteiger partial charge is 0.479 e. The molecule has 3 N–H and O–H groups in total. The van der Waals surface area contributed by atoms with Crippen LogP contribution in [0.15, 0.2) is 6.07 Å². The molecule has 0 spiro atoms. The van der Waals surface area contributed by atoms with Gasteiger partial charge in [0, 0.05) is 17.8 Å². The Bertz CT molecular complexity index is 408. The van der Waals surface area contributed by atoms with E-state index in [1.165, 1.54) is 11.3 Å². The predicted molar refractivity (Wildman–Crippen MR) is 64.4 cm³/mol.